The van der Waals surface area contributed by atoms with Crippen molar-refractivity contribution in [3.63, 3.8) is 0 Å². The van der Waals surface area contributed by atoms with E-state index in [-0.39, 0.29) is 0 Å². The van der Waals surface area contributed by atoms with E-state index >= 15 is 0 Å². The number of nitrogens with one attached hydrogen (secondary N) is 2. The lowest BCUT2D eigenvalue weighted by molar-refractivity contribution is -0.151. The van der Waals surface area contributed by atoms with Crippen molar-refractivity contribution >= 4 is 24.0 Å². The number of imide groups is 1. The normalized spacial score (nSPS) is 11.6. The van der Waals surface area contributed by atoms with Gasteiger partial charge in [0.05, 0.1) is 0 Å². The van der Waals surface area contributed by atoms with Gasteiger partial charge in [-0.3, -0.25) is 10.1 Å². The number of hydrogen-bond acceptors (Lipinski definition) is 4. The third-order valence-electron chi connectivity index (χ3n) is 3.25. The fourth-order valence-electron chi connectivity index (χ4n) is 2.02. The summed E-state index contributed by atoms with van der Waals surface area (Å²) >= 11 is 0. The molecule has 1 atom stereocenters. The molecular formula is C19H18N2O4. The standard InChI is InChI=1S/C19H18N2O4/c1-20-19(24)21-18(23)17(15-10-6-3-7-11-15)25-16(22)13-12-14-8-4-2-5-9-14/h2-13,17H,1H3,(H2,20,21,23,24)/b13-12+/t17-/m0/s1. The zero-order chi connectivity index (χ0) is 18.1. The van der Waals surface area contributed by atoms with Crippen molar-refractivity contribution in [1.82, 2.24) is 10.6 Å². The molecule has 2 rings (SSSR count). The average molecular weight is 338 g/mol. The minimum absolute atomic E-state index is 0.463. The maximum Gasteiger partial charge on any atom is 0.331 e. The van der Waals surface area contributed by atoms with Gasteiger partial charge in [-0.15, -0.1) is 0 Å². The second-order valence-corrected chi connectivity index (χ2v) is 5.04. The highest BCUT2D eigenvalue weighted by atomic mass is 16.5. The van der Waals surface area contributed by atoms with Crippen LogP contribution in [-0.2, 0) is 14.3 Å². The molecule has 0 saturated carbocycles. The molecule has 0 aliphatic rings. The van der Waals surface area contributed by atoms with Gasteiger partial charge < -0.3 is 10.1 Å². The van der Waals surface area contributed by atoms with Gasteiger partial charge in [-0.25, -0.2) is 9.59 Å². The van der Waals surface area contributed by atoms with Crippen LogP contribution in [0.1, 0.15) is 17.2 Å². The second-order valence-electron chi connectivity index (χ2n) is 5.04. The Hall–Kier alpha value is -3.41. The zero-order valence-corrected chi connectivity index (χ0v) is 13.6. The fraction of sp³-hybridized carbons (Fsp3) is 0.105. The van der Waals surface area contributed by atoms with Crippen molar-refractivity contribution in [1.29, 1.82) is 0 Å². The quantitative estimate of drug-likeness (QED) is 0.648. The summed E-state index contributed by atoms with van der Waals surface area (Å²) in [6.07, 6.45) is 1.59. The first-order valence-corrected chi connectivity index (χ1v) is 7.61. The molecule has 6 nitrogen and oxygen atoms in total. The smallest absolute Gasteiger partial charge is 0.331 e. The third kappa shape index (κ3) is 5.62. The van der Waals surface area contributed by atoms with Crippen molar-refractivity contribution in [3.8, 4) is 0 Å². The van der Waals surface area contributed by atoms with Gasteiger partial charge >= 0.3 is 12.0 Å². The van der Waals surface area contributed by atoms with Crippen molar-refractivity contribution in [2.45, 2.75) is 6.10 Å². The Bertz CT molecular complexity index is 758. The molecule has 3 amide bonds. The average Bonchev–Trinajstić information content (AvgIpc) is 2.65. The first kappa shape index (κ1) is 17.9. The summed E-state index contributed by atoms with van der Waals surface area (Å²) in [6.45, 7) is 0. The van der Waals surface area contributed by atoms with Crippen molar-refractivity contribution < 1.29 is 19.1 Å². The van der Waals surface area contributed by atoms with Crippen molar-refractivity contribution in [2.24, 2.45) is 0 Å². The monoisotopic (exact) mass is 338 g/mol. The second kappa shape index (κ2) is 9.02. The van der Waals surface area contributed by atoms with Crippen LogP contribution in [0.25, 0.3) is 6.08 Å². The molecule has 0 aliphatic heterocycles. The molecule has 0 aromatic heterocycles. The first-order chi connectivity index (χ1) is 12.1. The fourth-order valence-corrected chi connectivity index (χ4v) is 2.02. The number of ether oxygens (including phenoxy) is 1. The van der Waals surface area contributed by atoms with Gasteiger partial charge in [0, 0.05) is 18.7 Å². The molecule has 2 N–H and O–H groups in total. The summed E-state index contributed by atoms with van der Waals surface area (Å²) in [7, 11) is 1.38. The lowest BCUT2D eigenvalue weighted by Crippen LogP contribution is -2.41. The number of amides is 3. The molecule has 0 bridgehead atoms. The topological polar surface area (TPSA) is 84.5 Å². The number of urea groups is 1. The van der Waals surface area contributed by atoms with Gasteiger partial charge in [-0.1, -0.05) is 60.7 Å². The van der Waals surface area contributed by atoms with Crippen LogP contribution >= 0.6 is 0 Å². The largest absolute Gasteiger partial charge is 0.444 e. The summed E-state index contributed by atoms with van der Waals surface area (Å²) in [5, 5.41) is 4.39. The van der Waals surface area contributed by atoms with Gasteiger partial charge in [0.1, 0.15) is 0 Å². The van der Waals surface area contributed by atoms with E-state index in [4.69, 9.17) is 4.74 Å². The van der Waals surface area contributed by atoms with Gasteiger partial charge in [0.2, 0.25) is 6.10 Å². The number of carbonyl (C=O) groups is 3. The van der Waals surface area contributed by atoms with Crippen molar-refractivity contribution in [3.05, 3.63) is 77.9 Å². The highest BCUT2D eigenvalue weighted by molar-refractivity contribution is 5.98. The molecular weight excluding hydrogens is 320 g/mol. The van der Waals surface area contributed by atoms with E-state index in [1.807, 2.05) is 30.3 Å². The lowest BCUT2D eigenvalue weighted by Gasteiger charge is -2.16. The molecule has 0 fully saturated rings. The van der Waals surface area contributed by atoms with Crippen LogP contribution in [0.3, 0.4) is 0 Å². The highest BCUT2D eigenvalue weighted by Gasteiger charge is 2.25. The zero-order valence-electron chi connectivity index (χ0n) is 13.6. The Morgan fingerprint density at radius 3 is 2.16 bits per heavy atom. The highest BCUT2D eigenvalue weighted by Crippen LogP contribution is 2.18. The van der Waals surface area contributed by atoms with Crippen LogP contribution in [0.15, 0.2) is 66.7 Å². The maximum atomic E-state index is 12.2. The van der Waals surface area contributed by atoms with E-state index in [9.17, 15) is 14.4 Å². The first-order valence-electron chi connectivity index (χ1n) is 7.61. The molecule has 6 heteroatoms. The summed E-state index contributed by atoms with van der Waals surface area (Å²) in [6, 6.07) is 17.0. The van der Waals surface area contributed by atoms with Crippen LogP contribution < -0.4 is 10.6 Å². The van der Waals surface area contributed by atoms with Crippen LogP contribution in [-0.4, -0.2) is 25.0 Å². The van der Waals surface area contributed by atoms with Crippen molar-refractivity contribution in [2.75, 3.05) is 7.05 Å². The summed E-state index contributed by atoms with van der Waals surface area (Å²) in [4.78, 5) is 35.7. The summed E-state index contributed by atoms with van der Waals surface area (Å²) in [5.41, 5.74) is 1.29. The van der Waals surface area contributed by atoms with E-state index in [1.54, 1.807) is 36.4 Å². The molecule has 0 unspecified atom stereocenters. The third-order valence-corrected chi connectivity index (χ3v) is 3.25. The summed E-state index contributed by atoms with van der Waals surface area (Å²) < 4.78 is 5.25. The molecule has 0 spiro atoms. The molecule has 0 aliphatic carbocycles. The molecule has 128 valence electrons. The minimum atomic E-state index is -1.23. The number of benzene rings is 2. The predicted molar refractivity (Wildman–Crippen MR) is 93.3 cm³/mol. The van der Waals surface area contributed by atoms with E-state index in [1.165, 1.54) is 13.1 Å². The van der Waals surface area contributed by atoms with Crippen LogP contribution in [0.4, 0.5) is 4.79 Å². The Morgan fingerprint density at radius 2 is 1.56 bits per heavy atom. The number of esters is 1. The number of carbonyl (C=O) groups excluding carboxylic acids is 3. The van der Waals surface area contributed by atoms with Crippen LogP contribution in [0.2, 0.25) is 0 Å². The maximum absolute atomic E-state index is 12.2. The van der Waals surface area contributed by atoms with Gasteiger partial charge in [-0.2, -0.15) is 0 Å². The summed E-state index contributed by atoms with van der Waals surface area (Å²) in [5.74, 6) is -1.42. The molecule has 0 heterocycles. The van der Waals surface area contributed by atoms with Gasteiger partial charge in [0.15, 0.2) is 0 Å². The predicted octanol–water partition coefficient (Wildman–Crippen LogP) is 2.44. The Kier molecular flexibility index (Phi) is 6.47. The molecule has 2 aromatic carbocycles. The Morgan fingerprint density at radius 1 is 0.960 bits per heavy atom. The molecule has 25 heavy (non-hydrogen) atoms. The Balaban J connectivity index is 2.12. The SMILES string of the molecule is CNC(=O)NC(=O)[C@@H](OC(=O)/C=C/c1ccccc1)c1ccccc1. The van der Waals surface area contributed by atoms with Gasteiger partial charge in [0.25, 0.3) is 5.91 Å². The molecule has 0 saturated heterocycles. The van der Waals surface area contributed by atoms with E-state index in [2.05, 4.69) is 10.6 Å². The van der Waals surface area contributed by atoms with Crippen LogP contribution in [0, 0.1) is 0 Å². The lowest BCUT2D eigenvalue weighted by atomic mass is 10.1. The van der Waals surface area contributed by atoms with E-state index in [0.717, 1.165) is 5.56 Å². The van der Waals surface area contributed by atoms with E-state index in [0.29, 0.717) is 5.56 Å². The molecule has 0 radical (unpaired) electrons. The number of rotatable bonds is 5. The van der Waals surface area contributed by atoms with Gasteiger partial charge in [-0.05, 0) is 11.6 Å². The number of hydrogen-bond donors (Lipinski definition) is 2. The van der Waals surface area contributed by atoms with E-state index < -0.39 is 24.0 Å². The molecule has 2 aromatic rings. The van der Waals surface area contributed by atoms with Crippen LogP contribution in [0.5, 0.6) is 0 Å². The Labute approximate surface area is 145 Å². The minimum Gasteiger partial charge on any atom is -0.444 e.